The van der Waals surface area contributed by atoms with Crippen LogP contribution in [0.5, 0.6) is 0 Å². The van der Waals surface area contributed by atoms with Crippen molar-refractivity contribution in [2.75, 3.05) is 6.54 Å². The van der Waals surface area contributed by atoms with E-state index in [2.05, 4.69) is 5.32 Å². The minimum absolute atomic E-state index is 0.127. The second-order valence-electron chi connectivity index (χ2n) is 5.65. The number of nitrogens with zero attached hydrogens (tertiary/aromatic N) is 1. The summed E-state index contributed by atoms with van der Waals surface area (Å²) in [5.74, 6) is -0.806. The molecule has 1 aliphatic rings. The molecule has 1 aliphatic heterocycles. The van der Waals surface area contributed by atoms with Crippen molar-refractivity contribution in [2.24, 2.45) is 0 Å². The third kappa shape index (κ3) is 3.40. The van der Waals surface area contributed by atoms with E-state index in [0.29, 0.717) is 11.1 Å². The Balaban J connectivity index is 2.18. The molecule has 4 nitrogen and oxygen atoms in total. The third-order valence-corrected chi connectivity index (χ3v) is 3.95. The zero-order valence-corrected chi connectivity index (χ0v) is 12.6. The number of hydrogen-bond acceptors (Lipinski definition) is 2. The number of likely N-dealkylation sites (tertiary alicyclic amines) is 1. The molecule has 0 saturated carbocycles. The maximum atomic E-state index is 14.2. The van der Waals surface area contributed by atoms with Gasteiger partial charge in [0.1, 0.15) is 5.82 Å². The Bertz CT molecular complexity index is 559. The van der Waals surface area contributed by atoms with Crippen LogP contribution in [0.15, 0.2) is 18.2 Å². The number of benzene rings is 1. The van der Waals surface area contributed by atoms with Gasteiger partial charge in [0.25, 0.3) is 5.91 Å². The SMILES string of the molecule is CC(=O)NC(C)c1ccc(C(=O)N2CCCC2C)cc1F. The van der Waals surface area contributed by atoms with E-state index in [0.717, 1.165) is 19.4 Å². The van der Waals surface area contributed by atoms with Crippen molar-refractivity contribution in [3.8, 4) is 0 Å². The van der Waals surface area contributed by atoms with Crippen LogP contribution >= 0.6 is 0 Å². The zero-order chi connectivity index (χ0) is 15.6. The summed E-state index contributed by atoms with van der Waals surface area (Å²) in [7, 11) is 0. The lowest BCUT2D eigenvalue weighted by molar-refractivity contribution is -0.119. The van der Waals surface area contributed by atoms with E-state index in [-0.39, 0.29) is 17.9 Å². The van der Waals surface area contributed by atoms with E-state index in [9.17, 15) is 14.0 Å². The Morgan fingerprint density at radius 3 is 2.67 bits per heavy atom. The Hall–Kier alpha value is -1.91. The first kappa shape index (κ1) is 15.5. The Morgan fingerprint density at radius 2 is 2.14 bits per heavy atom. The van der Waals surface area contributed by atoms with Crippen LogP contribution in [0, 0.1) is 5.82 Å². The number of hydrogen-bond donors (Lipinski definition) is 1. The first-order chi connectivity index (χ1) is 9.90. The summed E-state index contributed by atoms with van der Waals surface area (Å²) >= 11 is 0. The van der Waals surface area contributed by atoms with E-state index >= 15 is 0 Å². The van der Waals surface area contributed by atoms with E-state index < -0.39 is 11.9 Å². The highest BCUT2D eigenvalue weighted by Gasteiger charge is 2.26. The number of amides is 2. The van der Waals surface area contributed by atoms with Gasteiger partial charge in [0.15, 0.2) is 0 Å². The normalized spacial score (nSPS) is 19.4. The molecule has 2 rings (SSSR count). The molecule has 114 valence electrons. The highest BCUT2D eigenvalue weighted by Crippen LogP contribution is 2.22. The Labute approximate surface area is 124 Å². The van der Waals surface area contributed by atoms with Crippen LogP contribution < -0.4 is 5.32 Å². The van der Waals surface area contributed by atoms with E-state index in [1.807, 2.05) is 6.92 Å². The Morgan fingerprint density at radius 1 is 1.43 bits per heavy atom. The van der Waals surface area contributed by atoms with Gasteiger partial charge in [0, 0.05) is 30.6 Å². The molecule has 0 aromatic heterocycles. The van der Waals surface area contributed by atoms with Gasteiger partial charge in [-0.3, -0.25) is 9.59 Å². The summed E-state index contributed by atoms with van der Waals surface area (Å²) in [6.45, 7) is 5.84. The fourth-order valence-corrected chi connectivity index (χ4v) is 2.79. The van der Waals surface area contributed by atoms with E-state index in [1.54, 1.807) is 24.0 Å². The van der Waals surface area contributed by atoms with Crippen LogP contribution in [0.25, 0.3) is 0 Å². The standard InChI is InChI=1S/C16H21FN2O2/c1-10-5-4-8-19(10)16(21)13-6-7-14(15(17)9-13)11(2)18-12(3)20/h6-7,9-11H,4-5,8H2,1-3H3,(H,18,20). The quantitative estimate of drug-likeness (QED) is 0.931. The molecular weight excluding hydrogens is 271 g/mol. The second-order valence-corrected chi connectivity index (χ2v) is 5.65. The predicted octanol–water partition coefficient (Wildman–Crippen LogP) is 2.65. The number of rotatable bonds is 3. The lowest BCUT2D eigenvalue weighted by atomic mass is 10.0. The fraction of sp³-hybridized carbons (Fsp3) is 0.500. The molecule has 1 fully saturated rings. The molecular formula is C16H21FN2O2. The minimum Gasteiger partial charge on any atom is -0.350 e. The van der Waals surface area contributed by atoms with Crippen LogP contribution in [-0.4, -0.2) is 29.3 Å². The van der Waals surface area contributed by atoms with Gasteiger partial charge in [0.05, 0.1) is 6.04 Å². The number of halogens is 1. The predicted molar refractivity (Wildman–Crippen MR) is 78.4 cm³/mol. The van der Waals surface area contributed by atoms with Crippen LogP contribution in [0.2, 0.25) is 0 Å². The molecule has 2 atom stereocenters. The van der Waals surface area contributed by atoms with Gasteiger partial charge < -0.3 is 10.2 Å². The molecule has 1 heterocycles. The average molecular weight is 292 g/mol. The van der Waals surface area contributed by atoms with Crippen molar-refractivity contribution in [3.63, 3.8) is 0 Å². The van der Waals surface area contributed by atoms with Crippen molar-refractivity contribution in [1.82, 2.24) is 10.2 Å². The summed E-state index contributed by atoms with van der Waals surface area (Å²) in [5.41, 5.74) is 0.747. The summed E-state index contributed by atoms with van der Waals surface area (Å²) in [5, 5.41) is 2.64. The van der Waals surface area contributed by atoms with Crippen molar-refractivity contribution in [2.45, 2.75) is 45.7 Å². The topological polar surface area (TPSA) is 49.4 Å². The van der Waals surface area contributed by atoms with Crippen molar-refractivity contribution in [3.05, 3.63) is 35.1 Å². The molecule has 1 aromatic carbocycles. The van der Waals surface area contributed by atoms with E-state index in [4.69, 9.17) is 0 Å². The van der Waals surface area contributed by atoms with Crippen molar-refractivity contribution >= 4 is 11.8 Å². The maximum absolute atomic E-state index is 14.2. The molecule has 0 aliphatic carbocycles. The summed E-state index contributed by atoms with van der Waals surface area (Å²) in [6.07, 6.45) is 1.99. The molecule has 2 unspecified atom stereocenters. The number of carbonyl (C=O) groups excluding carboxylic acids is 2. The number of nitrogens with one attached hydrogen (secondary N) is 1. The summed E-state index contributed by atoms with van der Waals surface area (Å²) in [6, 6.07) is 4.26. The van der Waals surface area contributed by atoms with Crippen LogP contribution in [0.4, 0.5) is 4.39 Å². The Kier molecular flexibility index (Phi) is 4.60. The third-order valence-electron chi connectivity index (χ3n) is 3.95. The molecule has 0 spiro atoms. The molecule has 1 aromatic rings. The molecule has 0 radical (unpaired) electrons. The molecule has 2 amide bonds. The summed E-state index contributed by atoms with van der Waals surface area (Å²) in [4.78, 5) is 25.2. The highest BCUT2D eigenvalue weighted by atomic mass is 19.1. The molecule has 21 heavy (non-hydrogen) atoms. The smallest absolute Gasteiger partial charge is 0.254 e. The van der Waals surface area contributed by atoms with Gasteiger partial charge in [0.2, 0.25) is 5.91 Å². The highest BCUT2D eigenvalue weighted by molar-refractivity contribution is 5.94. The van der Waals surface area contributed by atoms with E-state index in [1.165, 1.54) is 13.0 Å². The first-order valence-electron chi connectivity index (χ1n) is 7.27. The number of carbonyl (C=O) groups is 2. The second kappa shape index (κ2) is 6.24. The van der Waals surface area contributed by atoms with Gasteiger partial charge in [-0.05, 0) is 38.8 Å². The zero-order valence-electron chi connectivity index (χ0n) is 12.6. The van der Waals surface area contributed by atoms with Gasteiger partial charge in [-0.2, -0.15) is 0 Å². The van der Waals surface area contributed by atoms with Crippen LogP contribution in [0.3, 0.4) is 0 Å². The van der Waals surface area contributed by atoms with Gasteiger partial charge in [-0.15, -0.1) is 0 Å². The van der Waals surface area contributed by atoms with Crippen molar-refractivity contribution in [1.29, 1.82) is 0 Å². The van der Waals surface area contributed by atoms with Gasteiger partial charge in [-0.25, -0.2) is 4.39 Å². The maximum Gasteiger partial charge on any atom is 0.254 e. The lowest BCUT2D eigenvalue weighted by Crippen LogP contribution is -2.33. The molecule has 0 bridgehead atoms. The van der Waals surface area contributed by atoms with Gasteiger partial charge in [-0.1, -0.05) is 6.07 Å². The molecule has 5 heteroatoms. The van der Waals surface area contributed by atoms with Crippen LogP contribution in [-0.2, 0) is 4.79 Å². The first-order valence-corrected chi connectivity index (χ1v) is 7.27. The fourth-order valence-electron chi connectivity index (χ4n) is 2.79. The minimum atomic E-state index is -0.464. The molecule has 1 saturated heterocycles. The summed E-state index contributed by atoms with van der Waals surface area (Å²) < 4.78 is 14.2. The van der Waals surface area contributed by atoms with Crippen molar-refractivity contribution < 1.29 is 14.0 Å². The molecule has 1 N–H and O–H groups in total. The average Bonchev–Trinajstić information content (AvgIpc) is 2.83. The van der Waals surface area contributed by atoms with Crippen LogP contribution in [0.1, 0.15) is 55.6 Å². The lowest BCUT2D eigenvalue weighted by Gasteiger charge is -2.22. The monoisotopic (exact) mass is 292 g/mol. The van der Waals surface area contributed by atoms with Gasteiger partial charge >= 0.3 is 0 Å². The largest absolute Gasteiger partial charge is 0.350 e.